The minimum atomic E-state index is -0.594. The van der Waals surface area contributed by atoms with Gasteiger partial charge in [0.1, 0.15) is 6.04 Å². The largest absolute Gasteiger partial charge is 0.326 e. The molecule has 0 radical (unpaired) electrons. The zero-order valence-electron chi connectivity index (χ0n) is 14.6. The monoisotopic (exact) mass is 403 g/mol. The number of carbonyl (C=O) groups excluding carboxylic acids is 3. The van der Waals surface area contributed by atoms with Crippen molar-refractivity contribution in [2.24, 2.45) is 0 Å². The second-order valence-electron chi connectivity index (χ2n) is 6.02. The van der Waals surface area contributed by atoms with Crippen molar-refractivity contribution in [3.63, 3.8) is 0 Å². The van der Waals surface area contributed by atoms with Gasteiger partial charge in [0.05, 0.1) is 16.6 Å². The highest BCUT2D eigenvalue weighted by atomic mass is 35.5. The zero-order chi connectivity index (χ0) is 19.4. The molecule has 0 unspecified atom stereocenters. The average Bonchev–Trinajstić information content (AvgIpc) is 3.14. The molecule has 1 aliphatic heterocycles. The molecule has 140 valence electrons. The fourth-order valence-electron chi connectivity index (χ4n) is 2.72. The van der Waals surface area contributed by atoms with E-state index < -0.39 is 6.04 Å². The van der Waals surface area contributed by atoms with Crippen LogP contribution in [-0.2, 0) is 9.59 Å². The van der Waals surface area contributed by atoms with Crippen molar-refractivity contribution in [1.29, 1.82) is 0 Å². The van der Waals surface area contributed by atoms with Crippen LogP contribution in [0.5, 0.6) is 0 Å². The topological polar surface area (TPSA) is 78.5 Å². The van der Waals surface area contributed by atoms with E-state index in [1.165, 1.54) is 18.7 Å². The molecule has 1 atom stereocenters. The summed E-state index contributed by atoms with van der Waals surface area (Å²) in [5.41, 5.74) is 1.46. The van der Waals surface area contributed by atoms with Gasteiger partial charge in [0.15, 0.2) is 0 Å². The summed E-state index contributed by atoms with van der Waals surface area (Å²) in [5, 5.41) is 5.77. The Bertz CT molecular complexity index is 876. The standard InChI is InChI=1S/C19H18ClN3O3S/c1-12(24)21-14-7-8-15(20)16(9-14)22-18(25)17-10-27-11-23(17)19(26)13-5-3-2-4-6-13/h2-9,17H,10-11H2,1H3,(H,21,24)(H,22,25)/t17-/m0/s1. The lowest BCUT2D eigenvalue weighted by Gasteiger charge is -2.23. The van der Waals surface area contributed by atoms with Crippen molar-refractivity contribution in [2.45, 2.75) is 13.0 Å². The summed E-state index contributed by atoms with van der Waals surface area (Å²) in [5.74, 6) is 0.241. The molecular formula is C19H18ClN3O3S. The summed E-state index contributed by atoms with van der Waals surface area (Å²) in [6.07, 6.45) is 0. The third-order valence-electron chi connectivity index (χ3n) is 4.01. The molecule has 2 N–H and O–H groups in total. The van der Waals surface area contributed by atoms with Crippen LogP contribution in [0, 0.1) is 0 Å². The van der Waals surface area contributed by atoms with Crippen molar-refractivity contribution in [2.75, 3.05) is 22.3 Å². The summed E-state index contributed by atoms with van der Waals surface area (Å²) in [4.78, 5) is 38.3. The second kappa shape index (κ2) is 8.45. The molecule has 1 heterocycles. The van der Waals surface area contributed by atoms with Gasteiger partial charge in [0.2, 0.25) is 11.8 Å². The van der Waals surface area contributed by atoms with Crippen LogP contribution in [0.25, 0.3) is 0 Å². The molecule has 2 aromatic carbocycles. The third kappa shape index (κ3) is 4.61. The lowest BCUT2D eigenvalue weighted by molar-refractivity contribution is -0.119. The summed E-state index contributed by atoms with van der Waals surface area (Å²) < 4.78 is 0. The van der Waals surface area contributed by atoms with Gasteiger partial charge >= 0.3 is 0 Å². The first kappa shape index (κ1) is 19.3. The Labute approximate surface area is 166 Å². The van der Waals surface area contributed by atoms with Crippen LogP contribution in [0.2, 0.25) is 5.02 Å². The first-order chi connectivity index (χ1) is 13.0. The fourth-order valence-corrected chi connectivity index (χ4v) is 4.04. The van der Waals surface area contributed by atoms with Gasteiger partial charge in [-0.15, -0.1) is 11.8 Å². The van der Waals surface area contributed by atoms with E-state index in [1.54, 1.807) is 47.4 Å². The highest BCUT2D eigenvalue weighted by Crippen LogP contribution is 2.28. The van der Waals surface area contributed by atoms with Crippen molar-refractivity contribution < 1.29 is 14.4 Å². The number of rotatable bonds is 4. The maximum Gasteiger partial charge on any atom is 0.255 e. The summed E-state index contributed by atoms with van der Waals surface area (Å²) in [7, 11) is 0. The molecule has 6 nitrogen and oxygen atoms in total. The van der Waals surface area contributed by atoms with Crippen LogP contribution in [-0.4, -0.2) is 40.3 Å². The number of hydrogen-bond acceptors (Lipinski definition) is 4. The van der Waals surface area contributed by atoms with E-state index in [-0.39, 0.29) is 17.7 Å². The Morgan fingerprint density at radius 2 is 1.85 bits per heavy atom. The van der Waals surface area contributed by atoms with Crippen LogP contribution < -0.4 is 10.6 Å². The van der Waals surface area contributed by atoms with Crippen molar-refractivity contribution >= 4 is 52.5 Å². The van der Waals surface area contributed by atoms with E-state index in [2.05, 4.69) is 10.6 Å². The highest BCUT2D eigenvalue weighted by Gasteiger charge is 2.35. The number of hydrogen-bond donors (Lipinski definition) is 2. The number of halogens is 1. The quantitative estimate of drug-likeness (QED) is 0.819. The van der Waals surface area contributed by atoms with E-state index in [0.717, 1.165) is 0 Å². The van der Waals surface area contributed by atoms with Gasteiger partial charge < -0.3 is 15.5 Å². The number of anilines is 2. The SMILES string of the molecule is CC(=O)Nc1ccc(Cl)c(NC(=O)[C@@H]2CSCN2C(=O)c2ccccc2)c1. The normalized spacial score (nSPS) is 16.1. The first-order valence-electron chi connectivity index (χ1n) is 8.27. The van der Waals surface area contributed by atoms with Gasteiger partial charge in [-0.05, 0) is 30.3 Å². The Kier molecular flexibility index (Phi) is 6.03. The van der Waals surface area contributed by atoms with E-state index in [4.69, 9.17) is 11.6 Å². The van der Waals surface area contributed by atoms with Crippen molar-refractivity contribution in [3.8, 4) is 0 Å². The van der Waals surface area contributed by atoms with Crippen LogP contribution in [0.3, 0.4) is 0 Å². The zero-order valence-corrected chi connectivity index (χ0v) is 16.1. The summed E-state index contributed by atoms with van der Waals surface area (Å²) >= 11 is 7.69. The number of nitrogens with one attached hydrogen (secondary N) is 2. The molecule has 27 heavy (non-hydrogen) atoms. The molecule has 0 saturated carbocycles. The Morgan fingerprint density at radius 1 is 1.11 bits per heavy atom. The van der Waals surface area contributed by atoms with E-state index >= 15 is 0 Å². The van der Waals surface area contributed by atoms with Crippen molar-refractivity contribution in [3.05, 3.63) is 59.1 Å². The Balaban J connectivity index is 1.75. The predicted molar refractivity (Wildman–Crippen MR) is 108 cm³/mol. The third-order valence-corrected chi connectivity index (χ3v) is 5.35. The first-order valence-corrected chi connectivity index (χ1v) is 9.81. The average molecular weight is 404 g/mol. The predicted octanol–water partition coefficient (Wildman–Crippen LogP) is 3.45. The van der Waals surface area contributed by atoms with E-state index in [9.17, 15) is 14.4 Å². The molecule has 0 aromatic heterocycles. The summed E-state index contributed by atoms with van der Waals surface area (Å²) in [6.45, 7) is 1.40. The molecule has 2 aromatic rings. The van der Waals surface area contributed by atoms with E-state index in [0.29, 0.717) is 33.6 Å². The van der Waals surface area contributed by atoms with Crippen LogP contribution >= 0.6 is 23.4 Å². The molecule has 8 heteroatoms. The molecule has 1 aliphatic rings. The van der Waals surface area contributed by atoms with Crippen molar-refractivity contribution in [1.82, 2.24) is 4.90 Å². The lowest BCUT2D eigenvalue weighted by Crippen LogP contribution is -2.44. The number of thioether (sulfide) groups is 1. The van der Waals surface area contributed by atoms with Gasteiger partial charge in [-0.2, -0.15) is 0 Å². The maximum atomic E-state index is 12.8. The minimum absolute atomic E-state index is 0.182. The lowest BCUT2D eigenvalue weighted by atomic mass is 10.1. The van der Waals surface area contributed by atoms with Gasteiger partial charge in [-0.1, -0.05) is 29.8 Å². The number of amides is 3. The second-order valence-corrected chi connectivity index (χ2v) is 7.43. The fraction of sp³-hybridized carbons (Fsp3) is 0.211. The number of nitrogens with zero attached hydrogens (tertiary/aromatic N) is 1. The molecule has 1 saturated heterocycles. The van der Waals surface area contributed by atoms with Gasteiger partial charge in [0.25, 0.3) is 5.91 Å². The molecule has 1 fully saturated rings. The van der Waals surface area contributed by atoms with Crippen LogP contribution in [0.15, 0.2) is 48.5 Å². The van der Waals surface area contributed by atoms with Gasteiger partial charge in [-0.25, -0.2) is 0 Å². The Morgan fingerprint density at radius 3 is 2.56 bits per heavy atom. The van der Waals surface area contributed by atoms with Gasteiger partial charge in [0, 0.05) is 23.9 Å². The molecule has 0 spiro atoms. The molecular weight excluding hydrogens is 386 g/mol. The van der Waals surface area contributed by atoms with Gasteiger partial charge in [-0.3, -0.25) is 14.4 Å². The van der Waals surface area contributed by atoms with Crippen LogP contribution in [0.1, 0.15) is 17.3 Å². The molecule has 0 aliphatic carbocycles. The van der Waals surface area contributed by atoms with E-state index in [1.807, 2.05) is 6.07 Å². The maximum absolute atomic E-state index is 12.8. The number of carbonyl (C=O) groups is 3. The smallest absolute Gasteiger partial charge is 0.255 e. The highest BCUT2D eigenvalue weighted by molar-refractivity contribution is 7.99. The minimum Gasteiger partial charge on any atom is -0.326 e. The molecule has 0 bridgehead atoms. The van der Waals surface area contributed by atoms with Crippen LogP contribution in [0.4, 0.5) is 11.4 Å². The summed E-state index contributed by atoms with van der Waals surface area (Å²) in [6, 6.07) is 13.1. The Hall–Kier alpha value is -2.51. The number of benzene rings is 2. The molecule has 3 rings (SSSR count). The molecule has 3 amide bonds.